The number of halogens is 1. The normalized spacial score (nSPS) is 14.7. The molecular formula is C21H20ClN5O2. The Labute approximate surface area is 171 Å². The van der Waals surface area contributed by atoms with Gasteiger partial charge in [-0.15, -0.1) is 0 Å². The molecule has 0 radical (unpaired) electrons. The summed E-state index contributed by atoms with van der Waals surface area (Å²) in [5.74, 6) is 0.647. The van der Waals surface area contributed by atoms with Gasteiger partial charge in [-0.2, -0.15) is 0 Å². The first-order chi connectivity index (χ1) is 14.2. The van der Waals surface area contributed by atoms with Gasteiger partial charge in [0.2, 0.25) is 5.95 Å². The van der Waals surface area contributed by atoms with Gasteiger partial charge >= 0.3 is 0 Å². The number of ether oxygens (including phenoxy) is 1. The van der Waals surface area contributed by atoms with Crippen molar-refractivity contribution in [3.05, 3.63) is 63.8 Å². The van der Waals surface area contributed by atoms with Crippen LogP contribution in [0.25, 0.3) is 21.8 Å². The van der Waals surface area contributed by atoms with E-state index in [9.17, 15) is 4.79 Å². The van der Waals surface area contributed by atoms with Crippen LogP contribution in [-0.2, 0) is 17.7 Å². The standard InChI is InChI=1S/C21H20ClN5O2/c22-15-1-2-18-16(11-15)14(12-23-18)3-5-26-6-4-19-17(20(26)28)13-24-21(25-19)27-7-9-29-10-8-27/h1-2,4,6,11-13,23H,3,5,7-10H2. The van der Waals surface area contributed by atoms with Gasteiger partial charge in [0.15, 0.2) is 0 Å². The molecule has 148 valence electrons. The number of aromatic amines is 1. The SMILES string of the molecule is O=c1c2cnc(N3CCOCC3)nc2ccn1CCc1c[nH]c2ccc(Cl)cc12. The molecule has 0 atom stereocenters. The van der Waals surface area contributed by atoms with Crippen LogP contribution in [0, 0.1) is 0 Å². The highest BCUT2D eigenvalue weighted by Crippen LogP contribution is 2.23. The molecule has 0 saturated carbocycles. The second-order valence-electron chi connectivity index (χ2n) is 7.14. The van der Waals surface area contributed by atoms with E-state index in [-0.39, 0.29) is 5.56 Å². The Morgan fingerprint density at radius 3 is 2.90 bits per heavy atom. The van der Waals surface area contributed by atoms with Crippen LogP contribution in [-0.4, -0.2) is 45.8 Å². The summed E-state index contributed by atoms with van der Waals surface area (Å²) in [6.45, 7) is 3.43. The van der Waals surface area contributed by atoms with Gasteiger partial charge in [-0.05, 0) is 36.2 Å². The van der Waals surface area contributed by atoms with E-state index < -0.39 is 0 Å². The van der Waals surface area contributed by atoms with Crippen LogP contribution in [0.1, 0.15) is 5.56 Å². The number of pyridine rings is 1. The number of hydrogen-bond acceptors (Lipinski definition) is 5. The molecule has 1 saturated heterocycles. The van der Waals surface area contributed by atoms with Crippen LogP contribution in [0.15, 0.2) is 47.7 Å². The zero-order chi connectivity index (χ0) is 19.8. The predicted molar refractivity (Wildman–Crippen MR) is 114 cm³/mol. The lowest BCUT2D eigenvalue weighted by Gasteiger charge is -2.26. The number of nitrogens with zero attached hydrogens (tertiary/aromatic N) is 4. The van der Waals surface area contributed by atoms with Crippen LogP contribution >= 0.6 is 11.6 Å². The van der Waals surface area contributed by atoms with Crippen molar-refractivity contribution < 1.29 is 4.74 Å². The van der Waals surface area contributed by atoms with Gasteiger partial charge < -0.3 is 19.2 Å². The molecule has 8 heteroatoms. The van der Waals surface area contributed by atoms with Gasteiger partial charge in [0, 0.05) is 54.2 Å². The number of morpholine rings is 1. The van der Waals surface area contributed by atoms with Crippen LogP contribution in [0.5, 0.6) is 0 Å². The van der Waals surface area contributed by atoms with E-state index in [1.54, 1.807) is 10.8 Å². The average Bonchev–Trinajstić information content (AvgIpc) is 3.16. The zero-order valence-electron chi connectivity index (χ0n) is 15.8. The molecule has 1 aliphatic heterocycles. The number of benzene rings is 1. The lowest BCUT2D eigenvalue weighted by molar-refractivity contribution is 0.122. The van der Waals surface area contributed by atoms with Crippen LogP contribution in [0.3, 0.4) is 0 Å². The molecule has 29 heavy (non-hydrogen) atoms. The Morgan fingerprint density at radius 1 is 1.17 bits per heavy atom. The molecule has 3 aromatic heterocycles. The number of rotatable bonds is 4. The highest BCUT2D eigenvalue weighted by Gasteiger charge is 2.15. The van der Waals surface area contributed by atoms with E-state index in [1.165, 1.54) is 0 Å². The van der Waals surface area contributed by atoms with Crippen LogP contribution in [0.2, 0.25) is 5.02 Å². The van der Waals surface area contributed by atoms with E-state index >= 15 is 0 Å². The Hall–Kier alpha value is -2.90. The first-order valence-electron chi connectivity index (χ1n) is 9.63. The lowest BCUT2D eigenvalue weighted by Crippen LogP contribution is -2.37. The van der Waals surface area contributed by atoms with E-state index in [2.05, 4.69) is 19.9 Å². The maximum absolute atomic E-state index is 12.9. The zero-order valence-corrected chi connectivity index (χ0v) is 16.5. The molecule has 7 nitrogen and oxygen atoms in total. The fourth-order valence-corrected chi connectivity index (χ4v) is 3.92. The number of anilines is 1. The van der Waals surface area contributed by atoms with E-state index in [0.29, 0.717) is 41.6 Å². The molecule has 4 aromatic rings. The summed E-state index contributed by atoms with van der Waals surface area (Å²) in [5.41, 5.74) is 2.77. The van der Waals surface area contributed by atoms with Crippen molar-refractivity contribution >= 4 is 39.4 Å². The molecular weight excluding hydrogens is 390 g/mol. The molecule has 1 fully saturated rings. The topological polar surface area (TPSA) is 76.0 Å². The highest BCUT2D eigenvalue weighted by molar-refractivity contribution is 6.31. The minimum Gasteiger partial charge on any atom is -0.378 e. The number of H-pyrrole nitrogens is 1. The lowest BCUT2D eigenvalue weighted by atomic mass is 10.1. The third kappa shape index (κ3) is 3.47. The number of aromatic nitrogens is 4. The molecule has 1 aromatic carbocycles. The summed E-state index contributed by atoms with van der Waals surface area (Å²) in [7, 11) is 0. The second-order valence-corrected chi connectivity index (χ2v) is 7.57. The Kier molecular flexibility index (Phi) is 4.69. The fraction of sp³-hybridized carbons (Fsp3) is 0.286. The molecule has 0 spiro atoms. The Bertz CT molecular complexity index is 1240. The number of hydrogen-bond donors (Lipinski definition) is 1. The van der Waals surface area contributed by atoms with Crippen molar-refractivity contribution in [2.45, 2.75) is 13.0 Å². The Morgan fingerprint density at radius 2 is 2.03 bits per heavy atom. The number of fused-ring (bicyclic) bond motifs is 2. The van der Waals surface area contributed by atoms with Crippen molar-refractivity contribution in [1.82, 2.24) is 19.5 Å². The Balaban J connectivity index is 1.41. The minimum absolute atomic E-state index is 0.0751. The van der Waals surface area contributed by atoms with Crippen molar-refractivity contribution in [2.75, 3.05) is 31.2 Å². The third-order valence-electron chi connectivity index (χ3n) is 5.35. The van der Waals surface area contributed by atoms with E-state index in [0.717, 1.165) is 36.0 Å². The van der Waals surface area contributed by atoms with Gasteiger partial charge in [-0.1, -0.05) is 11.6 Å². The van der Waals surface area contributed by atoms with Crippen molar-refractivity contribution in [2.24, 2.45) is 0 Å². The maximum Gasteiger partial charge on any atom is 0.261 e. The second kappa shape index (κ2) is 7.50. The molecule has 1 aliphatic rings. The summed E-state index contributed by atoms with van der Waals surface area (Å²) in [6, 6.07) is 7.66. The predicted octanol–water partition coefficient (Wildman–Crippen LogP) is 3.01. The molecule has 0 amide bonds. The molecule has 1 N–H and O–H groups in total. The fourth-order valence-electron chi connectivity index (χ4n) is 3.75. The first kappa shape index (κ1) is 18.1. The van der Waals surface area contributed by atoms with Crippen LogP contribution in [0.4, 0.5) is 5.95 Å². The van der Waals surface area contributed by atoms with Gasteiger partial charge in [0.05, 0.1) is 24.1 Å². The molecule has 0 bridgehead atoms. The average molecular weight is 410 g/mol. The molecule has 4 heterocycles. The van der Waals surface area contributed by atoms with E-state index in [1.807, 2.05) is 36.7 Å². The largest absolute Gasteiger partial charge is 0.378 e. The monoisotopic (exact) mass is 409 g/mol. The van der Waals surface area contributed by atoms with Crippen molar-refractivity contribution in [1.29, 1.82) is 0 Å². The molecule has 0 aliphatic carbocycles. The maximum atomic E-state index is 12.9. The summed E-state index contributed by atoms with van der Waals surface area (Å²) < 4.78 is 7.09. The molecule has 0 unspecified atom stereocenters. The summed E-state index contributed by atoms with van der Waals surface area (Å²) in [6.07, 6.45) is 6.14. The van der Waals surface area contributed by atoms with Gasteiger partial charge in [0.25, 0.3) is 5.56 Å². The highest BCUT2D eigenvalue weighted by atomic mass is 35.5. The summed E-state index contributed by atoms with van der Waals surface area (Å²) in [5, 5.41) is 2.32. The summed E-state index contributed by atoms with van der Waals surface area (Å²) >= 11 is 6.13. The quantitative estimate of drug-likeness (QED) is 0.560. The minimum atomic E-state index is -0.0751. The summed E-state index contributed by atoms with van der Waals surface area (Å²) in [4.78, 5) is 27.3. The number of nitrogens with one attached hydrogen (secondary N) is 1. The van der Waals surface area contributed by atoms with E-state index in [4.69, 9.17) is 16.3 Å². The van der Waals surface area contributed by atoms with Crippen molar-refractivity contribution in [3.63, 3.8) is 0 Å². The number of aryl methyl sites for hydroxylation is 2. The molecule has 5 rings (SSSR count). The van der Waals surface area contributed by atoms with Crippen molar-refractivity contribution in [3.8, 4) is 0 Å². The van der Waals surface area contributed by atoms with Crippen LogP contribution < -0.4 is 10.5 Å². The van der Waals surface area contributed by atoms with Gasteiger partial charge in [-0.3, -0.25) is 4.79 Å². The smallest absolute Gasteiger partial charge is 0.261 e. The first-order valence-corrected chi connectivity index (χ1v) is 10.0. The van der Waals surface area contributed by atoms with Gasteiger partial charge in [-0.25, -0.2) is 9.97 Å². The van der Waals surface area contributed by atoms with Gasteiger partial charge in [0.1, 0.15) is 0 Å². The third-order valence-corrected chi connectivity index (χ3v) is 5.59.